The van der Waals surface area contributed by atoms with Crippen molar-refractivity contribution in [2.75, 3.05) is 19.7 Å². The van der Waals surface area contributed by atoms with Crippen molar-refractivity contribution in [1.82, 2.24) is 4.90 Å². The standard InChI is InChI=1S/C16H21NO3/c18-16(19)12-5-7-14(8-6-12)20-10-2-9-17-11-13-3-1-4-15(13)17/h5-8,13,15H,1-4,9-11H2,(H,18,19)/t13-,15-/m0/s1. The summed E-state index contributed by atoms with van der Waals surface area (Å²) >= 11 is 0. The Labute approximate surface area is 119 Å². The molecule has 1 aromatic carbocycles. The average molecular weight is 275 g/mol. The largest absolute Gasteiger partial charge is 0.494 e. The van der Waals surface area contributed by atoms with E-state index in [2.05, 4.69) is 4.90 Å². The second-order valence-corrected chi connectivity index (χ2v) is 5.78. The first kappa shape index (κ1) is 13.4. The number of nitrogens with zero attached hydrogens (tertiary/aromatic N) is 1. The molecule has 0 unspecified atom stereocenters. The van der Waals surface area contributed by atoms with Gasteiger partial charge in [0.2, 0.25) is 0 Å². The van der Waals surface area contributed by atoms with E-state index in [1.807, 2.05) is 0 Å². The average Bonchev–Trinajstić information content (AvgIpc) is 2.80. The van der Waals surface area contributed by atoms with E-state index >= 15 is 0 Å². The smallest absolute Gasteiger partial charge is 0.335 e. The van der Waals surface area contributed by atoms with Crippen LogP contribution in [0.5, 0.6) is 5.75 Å². The summed E-state index contributed by atoms with van der Waals surface area (Å²) in [7, 11) is 0. The summed E-state index contributed by atoms with van der Waals surface area (Å²) in [5.74, 6) is 0.817. The molecule has 1 saturated heterocycles. The minimum Gasteiger partial charge on any atom is -0.494 e. The first-order chi connectivity index (χ1) is 9.74. The molecule has 2 atom stereocenters. The maximum absolute atomic E-state index is 10.7. The Balaban J connectivity index is 1.36. The van der Waals surface area contributed by atoms with Crippen LogP contribution in [0.1, 0.15) is 36.0 Å². The Kier molecular flexibility index (Phi) is 3.92. The highest BCUT2D eigenvalue weighted by Crippen LogP contribution is 2.38. The van der Waals surface area contributed by atoms with Gasteiger partial charge in [-0.25, -0.2) is 4.79 Å². The SMILES string of the molecule is O=C(O)c1ccc(OCCCN2C[C@@H]3CCC[C@@H]32)cc1. The first-order valence-electron chi connectivity index (χ1n) is 7.44. The van der Waals surface area contributed by atoms with Gasteiger partial charge in [-0.2, -0.15) is 0 Å². The second-order valence-electron chi connectivity index (χ2n) is 5.78. The number of carboxylic acids is 1. The van der Waals surface area contributed by atoms with Gasteiger partial charge in [-0.15, -0.1) is 0 Å². The summed E-state index contributed by atoms with van der Waals surface area (Å²) in [5.41, 5.74) is 0.296. The maximum Gasteiger partial charge on any atom is 0.335 e. The van der Waals surface area contributed by atoms with Crippen molar-refractivity contribution < 1.29 is 14.6 Å². The van der Waals surface area contributed by atoms with Gasteiger partial charge in [0.25, 0.3) is 0 Å². The highest BCUT2D eigenvalue weighted by atomic mass is 16.5. The molecule has 0 radical (unpaired) electrons. The molecule has 1 aliphatic carbocycles. The number of hydrogen-bond donors (Lipinski definition) is 1. The van der Waals surface area contributed by atoms with Crippen LogP contribution in [-0.4, -0.2) is 41.7 Å². The number of fused-ring (bicyclic) bond motifs is 1. The van der Waals surface area contributed by atoms with Gasteiger partial charge in [0.15, 0.2) is 0 Å². The Morgan fingerprint density at radius 1 is 1.30 bits per heavy atom. The molecule has 1 aliphatic heterocycles. The van der Waals surface area contributed by atoms with E-state index < -0.39 is 5.97 Å². The predicted molar refractivity (Wildman–Crippen MR) is 76.2 cm³/mol. The number of carbonyl (C=O) groups is 1. The summed E-state index contributed by atoms with van der Waals surface area (Å²) in [6.45, 7) is 3.09. The van der Waals surface area contributed by atoms with Gasteiger partial charge in [0, 0.05) is 19.1 Å². The van der Waals surface area contributed by atoms with Crippen molar-refractivity contribution in [1.29, 1.82) is 0 Å². The Hall–Kier alpha value is -1.55. The molecule has 20 heavy (non-hydrogen) atoms. The molecule has 0 bridgehead atoms. The lowest BCUT2D eigenvalue weighted by atomic mass is 9.92. The highest BCUT2D eigenvalue weighted by molar-refractivity contribution is 5.87. The normalized spacial score (nSPS) is 25.0. The first-order valence-corrected chi connectivity index (χ1v) is 7.44. The van der Waals surface area contributed by atoms with Crippen LogP contribution >= 0.6 is 0 Å². The third-order valence-electron chi connectivity index (χ3n) is 4.52. The van der Waals surface area contributed by atoms with Gasteiger partial charge < -0.3 is 9.84 Å². The molecule has 2 aliphatic rings. The number of ether oxygens (including phenoxy) is 1. The fraction of sp³-hybridized carbons (Fsp3) is 0.562. The van der Waals surface area contributed by atoms with E-state index in [4.69, 9.17) is 9.84 Å². The Bertz CT molecular complexity index is 471. The van der Waals surface area contributed by atoms with Crippen LogP contribution in [-0.2, 0) is 0 Å². The van der Waals surface area contributed by atoms with Crippen LogP contribution < -0.4 is 4.74 Å². The molecule has 2 fully saturated rings. The number of rotatable bonds is 6. The second kappa shape index (κ2) is 5.83. The monoisotopic (exact) mass is 275 g/mol. The van der Waals surface area contributed by atoms with Crippen LogP contribution in [0.15, 0.2) is 24.3 Å². The Morgan fingerprint density at radius 2 is 2.10 bits per heavy atom. The summed E-state index contributed by atoms with van der Waals surface area (Å²) in [4.78, 5) is 13.3. The summed E-state index contributed by atoms with van der Waals surface area (Å²) < 4.78 is 5.65. The molecule has 1 aromatic rings. The molecule has 1 N–H and O–H groups in total. The molecule has 0 aromatic heterocycles. The van der Waals surface area contributed by atoms with Crippen molar-refractivity contribution in [3.05, 3.63) is 29.8 Å². The Morgan fingerprint density at radius 3 is 2.80 bits per heavy atom. The lowest BCUT2D eigenvalue weighted by molar-refractivity contribution is 0.0341. The summed E-state index contributed by atoms with van der Waals surface area (Å²) in [6, 6.07) is 7.46. The molecular weight excluding hydrogens is 254 g/mol. The maximum atomic E-state index is 10.7. The lowest BCUT2D eigenvalue weighted by Gasteiger charge is -2.44. The summed E-state index contributed by atoms with van der Waals surface area (Å²) in [6.07, 6.45) is 5.23. The zero-order valence-corrected chi connectivity index (χ0v) is 11.6. The minimum absolute atomic E-state index is 0.296. The molecule has 4 nitrogen and oxygen atoms in total. The number of likely N-dealkylation sites (tertiary alicyclic amines) is 1. The third kappa shape index (κ3) is 2.80. The molecule has 1 heterocycles. The van der Waals surface area contributed by atoms with Crippen molar-refractivity contribution in [2.45, 2.75) is 31.7 Å². The van der Waals surface area contributed by atoms with Crippen LogP contribution in [0.25, 0.3) is 0 Å². The van der Waals surface area contributed by atoms with Gasteiger partial charge in [0.1, 0.15) is 5.75 Å². The van der Waals surface area contributed by atoms with Gasteiger partial charge in [-0.05, 0) is 49.4 Å². The number of carboxylic acid groups (broad SMARTS) is 1. The predicted octanol–water partition coefficient (Wildman–Crippen LogP) is 2.64. The van der Waals surface area contributed by atoms with Crippen molar-refractivity contribution in [3.63, 3.8) is 0 Å². The molecule has 3 rings (SSSR count). The topological polar surface area (TPSA) is 49.8 Å². The van der Waals surface area contributed by atoms with E-state index in [0.717, 1.165) is 30.7 Å². The van der Waals surface area contributed by atoms with Crippen molar-refractivity contribution >= 4 is 5.97 Å². The third-order valence-corrected chi connectivity index (χ3v) is 4.52. The quantitative estimate of drug-likeness (QED) is 0.811. The molecular formula is C16H21NO3. The minimum atomic E-state index is -0.902. The van der Waals surface area contributed by atoms with E-state index in [1.165, 1.54) is 25.8 Å². The van der Waals surface area contributed by atoms with Gasteiger partial charge >= 0.3 is 5.97 Å². The summed E-state index contributed by atoms with van der Waals surface area (Å²) in [5, 5.41) is 8.81. The molecule has 108 valence electrons. The fourth-order valence-corrected chi connectivity index (χ4v) is 3.42. The number of hydrogen-bond acceptors (Lipinski definition) is 3. The van der Waals surface area contributed by atoms with E-state index in [9.17, 15) is 4.79 Å². The van der Waals surface area contributed by atoms with Crippen molar-refractivity contribution in [3.8, 4) is 5.75 Å². The van der Waals surface area contributed by atoms with Crippen LogP contribution in [0.2, 0.25) is 0 Å². The van der Waals surface area contributed by atoms with Crippen LogP contribution in [0.3, 0.4) is 0 Å². The molecule has 4 heteroatoms. The number of aromatic carboxylic acids is 1. The highest BCUT2D eigenvalue weighted by Gasteiger charge is 2.41. The van der Waals surface area contributed by atoms with E-state index in [1.54, 1.807) is 24.3 Å². The van der Waals surface area contributed by atoms with Gasteiger partial charge in [0.05, 0.1) is 12.2 Å². The van der Waals surface area contributed by atoms with Crippen LogP contribution in [0.4, 0.5) is 0 Å². The van der Waals surface area contributed by atoms with Gasteiger partial charge in [-0.1, -0.05) is 6.42 Å². The van der Waals surface area contributed by atoms with Crippen LogP contribution in [0, 0.1) is 5.92 Å². The number of benzene rings is 1. The molecule has 1 saturated carbocycles. The lowest BCUT2D eigenvalue weighted by Crippen LogP contribution is -2.53. The zero-order valence-electron chi connectivity index (χ0n) is 11.6. The molecule has 0 amide bonds. The van der Waals surface area contributed by atoms with E-state index in [-0.39, 0.29) is 0 Å². The van der Waals surface area contributed by atoms with E-state index in [0.29, 0.717) is 12.2 Å². The van der Waals surface area contributed by atoms with Crippen molar-refractivity contribution in [2.24, 2.45) is 5.92 Å². The fourth-order valence-electron chi connectivity index (χ4n) is 3.42. The molecule has 0 spiro atoms. The van der Waals surface area contributed by atoms with Gasteiger partial charge in [-0.3, -0.25) is 4.90 Å². The zero-order chi connectivity index (χ0) is 13.9.